The Morgan fingerprint density at radius 1 is 1.30 bits per heavy atom. The van der Waals surface area contributed by atoms with Gasteiger partial charge in [-0.05, 0) is 12.0 Å². The smallest absolute Gasteiger partial charge is 0.276 e. The van der Waals surface area contributed by atoms with Crippen LogP contribution in [-0.4, -0.2) is 65.0 Å². The van der Waals surface area contributed by atoms with Crippen LogP contribution in [0.5, 0.6) is 0 Å². The van der Waals surface area contributed by atoms with Gasteiger partial charge in [-0.15, -0.1) is 0 Å². The minimum atomic E-state index is -0.552. The van der Waals surface area contributed by atoms with Gasteiger partial charge in [-0.2, -0.15) is 0 Å². The molecule has 0 aliphatic carbocycles. The second-order valence-corrected chi connectivity index (χ2v) is 7.15. The molecule has 1 aromatic carbocycles. The molecule has 0 spiro atoms. The summed E-state index contributed by atoms with van der Waals surface area (Å²) in [6.07, 6.45) is 2.59. The van der Waals surface area contributed by atoms with Gasteiger partial charge in [-0.1, -0.05) is 30.3 Å². The zero-order chi connectivity index (χ0) is 19.0. The fourth-order valence-corrected chi connectivity index (χ4v) is 4.03. The van der Waals surface area contributed by atoms with Crippen molar-refractivity contribution in [3.63, 3.8) is 0 Å². The molecule has 2 aliphatic rings. The first-order valence-corrected chi connectivity index (χ1v) is 9.17. The molecule has 0 saturated carbocycles. The number of aromatic nitrogens is 1. The number of aryl methyl sites for hydroxylation is 1. The Morgan fingerprint density at radius 3 is 2.74 bits per heavy atom. The van der Waals surface area contributed by atoms with E-state index in [9.17, 15) is 9.59 Å². The standard InChI is InChI=1S/C20H23N3O4/c1-13-21-17(12-27-13)19(24)23-10-15-9-16(26-2)11-22(15)20(25)18(23)8-14-6-4-3-5-7-14/h3-7,12,15-16,18H,8-11H2,1-2H3/t15-,16-,18-/m0/s1. The fourth-order valence-electron chi connectivity index (χ4n) is 4.03. The van der Waals surface area contributed by atoms with Crippen LogP contribution in [0.15, 0.2) is 41.0 Å². The van der Waals surface area contributed by atoms with Crippen molar-refractivity contribution in [2.24, 2.45) is 0 Å². The molecule has 0 radical (unpaired) electrons. The predicted octanol–water partition coefficient (Wildman–Crippen LogP) is 1.67. The Kier molecular flexibility index (Phi) is 4.70. The van der Waals surface area contributed by atoms with Crippen molar-refractivity contribution >= 4 is 11.8 Å². The third-order valence-corrected chi connectivity index (χ3v) is 5.43. The lowest BCUT2D eigenvalue weighted by Gasteiger charge is -2.42. The Bertz CT molecular complexity index is 835. The molecule has 2 saturated heterocycles. The molecule has 2 aliphatic heterocycles. The van der Waals surface area contributed by atoms with Crippen molar-refractivity contribution in [3.05, 3.63) is 53.7 Å². The summed E-state index contributed by atoms with van der Waals surface area (Å²) in [5.41, 5.74) is 1.26. The highest BCUT2D eigenvalue weighted by Crippen LogP contribution is 2.29. The lowest BCUT2D eigenvalue weighted by atomic mass is 9.98. The molecule has 4 rings (SSSR count). The maximum atomic E-state index is 13.3. The van der Waals surface area contributed by atoms with E-state index in [0.29, 0.717) is 25.4 Å². The van der Waals surface area contributed by atoms with Crippen molar-refractivity contribution < 1.29 is 18.7 Å². The van der Waals surface area contributed by atoms with E-state index < -0.39 is 6.04 Å². The maximum Gasteiger partial charge on any atom is 0.276 e. The molecular formula is C20H23N3O4. The van der Waals surface area contributed by atoms with E-state index in [1.54, 1.807) is 18.9 Å². The topological polar surface area (TPSA) is 75.9 Å². The monoisotopic (exact) mass is 369 g/mol. The highest BCUT2D eigenvalue weighted by molar-refractivity contribution is 5.97. The SMILES string of the molecule is CO[C@H]1C[C@H]2CN(C(=O)c3coc(C)n3)[C@@H](Cc3ccccc3)C(=O)N2C1. The molecule has 0 N–H and O–H groups in total. The average Bonchev–Trinajstić information content (AvgIpc) is 3.30. The molecule has 0 bridgehead atoms. The second kappa shape index (κ2) is 7.15. The molecule has 3 atom stereocenters. The van der Waals surface area contributed by atoms with E-state index in [1.165, 1.54) is 6.26 Å². The first kappa shape index (κ1) is 17.7. The zero-order valence-corrected chi connectivity index (χ0v) is 15.5. The Hall–Kier alpha value is -2.67. The summed E-state index contributed by atoms with van der Waals surface area (Å²) in [5.74, 6) is 0.146. The molecule has 142 valence electrons. The van der Waals surface area contributed by atoms with Gasteiger partial charge in [0.25, 0.3) is 5.91 Å². The van der Waals surface area contributed by atoms with Crippen LogP contribution in [0.25, 0.3) is 0 Å². The van der Waals surface area contributed by atoms with Gasteiger partial charge in [0.1, 0.15) is 12.3 Å². The van der Waals surface area contributed by atoms with Gasteiger partial charge in [0.2, 0.25) is 5.91 Å². The van der Waals surface area contributed by atoms with Gasteiger partial charge < -0.3 is 19.0 Å². The summed E-state index contributed by atoms with van der Waals surface area (Å²) in [7, 11) is 1.66. The van der Waals surface area contributed by atoms with Crippen LogP contribution in [0.1, 0.15) is 28.4 Å². The molecule has 2 aromatic rings. The number of carbonyl (C=O) groups excluding carboxylic acids is 2. The van der Waals surface area contributed by atoms with Crippen LogP contribution in [0, 0.1) is 6.92 Å². The van der Waals surface area contributed by atoms with Crippen molar-refractivity contribution in [1.29, 1.82) is 0 Å². The fraction of sp³-hybridized carbons (Fsp3) is 0.450. The van der Waals surface area contributed by atoms with E-state index in [4.69, 9.17) is 9.15 Å². The number of fused-ring (bicyclic) bond motifs is 1. The van der Waals surface area contributed by atoms with Gasteiger partial charge in [0.15, 0.2) is 11.6 Å². The number of rotatable bonds is 4. The minimum Gasteiger partial charge on any atom is -0.448 e. The van der Waals surface area contributed by atoms with E-state index >= 15 is 0 Å². The van der Waals surface area contributed by atoms with Crippen LogP contribution >= 0.6 is 0 Å². The third kappa shape index (κ3) is 3.35. The van der Waals surface area contributed by atoms with Crippen molar-refractivity contribution in [2.75, 3.05) is 20.2 Å². The number of piperazine rings is 1. The van der Waals surface area contributed by atoms with Gasteiger partial charge in [-0.3, -0.25) is 9.59 Å². The molecular weight excluding hydrogens is 346 g/mol. The van der Waals surface area contributed by atoms with E-state index in [0.717, 1.165) is 12.0 Å². The summed E-state index contributed by atoms with van der Waals surface area (Å²) in [5, 5.41) is 0. The van der Waals surface area contributed by atoms with Gasteiger partial charge in [0, 0.05) is 33.5 Å². The Morgan fingerprint density at radius 2 is 2.07 bits per heavy atom. The number of carbonyl (C=O) groups is 2. The van der Waals surface area contributed by atoms with Crippen LogP contribution in [0.4, 0.5) is 0 Å². The lowest BCUT2D eigenvalue weighted by Crippen LogP contribution is -2.61. The molecule has 7 heteroatoms. The highest BCUT2D eigenvalue weighted by atomic mass is 16.5. The van der Waals surface area contributed by atoms with Crippen LogP contribution in [0.2, 0.25) is 0 Å². The molecule has 27 heavy (non-hydrogen) atoms. The van der Waals surface area contributed by atoms with Gasteiger partial charge >= 0.3 is 0 Å². The van der Waals surface area contributed by atoms with Crippen LogP contribution in [-0.2, 0) is 16.0 Å². The van der Waals surface area contributed by atoms with Crippen molar-refractivity contribution in [1.82, 2.24) is 14.8 Å². The molecule has 1 aromatic heterocycles. The Balaban J connectivity index is 1.64. The molecule has 0 unspecified atom stereocenters. The maximum absolute atomic E-state index is 13.3. The number of nitrogens with zero attached hydrogens (tertiary/aromatic N) is 3. The molecule has 7 nitrogen and oxygen atoms in total. The van der Waals surface area contributed by atoms with E-state index in [2.05, 4.69) is 4.98 Å². The van der Waals surface area contributed by atoms with Gasteiger partial charge in [-0.25, -0.2) is 4.98 Å². The first-order valence-electron chi connectivity index (χ1n) is 9.17. The number of amides is 2. The van der Waals surface area contributed by atoms with Crippen molar-refractivity contribution in [3.8, 4) is 0 Å². The second-order valence-electron chi connectivity index (χ2n) is 7.15. The normalized spacial score (nSPS) is 25.0. The average molecular weight is 369 g/mol. The number of ether oxygens (including phenoxy) is 1. The number of oxazole rings is 1. The minimum absolute atomic E-state index is 0.0145. The van der Waals surface area contributed by atoms with E-state index in [1.807, 2.05) is 35.2 Å². The van der Waals surface area contributed by atoms with Gasteiger partial charge in [0.05, 0.1) is 12.1 Å². The predicted molar refractivity (Wildman–Crippen MR) is 97.1 cm³/mol. The number of hydrogen-bond acceptors (Lipinski definition) is 5. The molecule has 3 heterocycles. The van der Waals surface area contributed by atoms with E-state index in [-0.39, 0.29) is 29.7 Å². The summed E-state index contributed by atoms with van der Waals surface area (Å²) >= 11 is 0. The largest absolute Gasteiger partial charge is 0.448 e. The highest BCUT2D eigenvalue weighted by Gasteiger charge is 2.47. The first-order chi connectivity index (χ1) is 13.1. The summed E-state index contributed by atoms with van der Waals surface area (Å²) in [6, 6.07) is 9.20. The number of hydrogen-bond donors (Lipinski definition) is 0. The molecule has 2 amide bonds. The quantitative estimate of drug-likeness (QED) is 0.819. The summed E-state index contributed by atoms with van der Waals surface area (Å²) < 4.78 is 10.7. The summed E-state index contributed by atoms with van der Waals surface area (Å²) in [6.45, 7) is 2.76. The Labute approximate surface area is 157 Å². The summed E-state index contributed by atoms with van der Waals surface area (Å²) in [4.78, 5) is 34.1. The zero-order valence-electron chi connectivity index (χ0n) is 15.5. The third-order valence-electron chi connectivity index (χ3n) is 5.43. The number of methoxy groups -OCH3 is 1. The van der Waals surface area contributed by atoms with Crippen LogP contribution < -0.4 is 0 Å². The van der Waals surface area contributed by atoms with Crippen molar-refractivity contribution in [2.45, 2.75) is 38.0 Å². The van der Waals surface area contributed by atoms with Crippen LogP contribution in [0.3, 0.4) is 0 Å². The number of benzene rings is 1. The molecule has 2 fully saturated rings. The lowest BCUT2D eigenvalue weighted by molar-refractivity contribution is -0.142.